The number of rotatable bonds is 5. The number of ether oxygens (including phenoxy) is 2. The van der Waals surface area contributed by atoms with Crippen LogP contribution in [0.4, 0.5) is 0 Å². The summed E-state index contributed by atoms with van der Waals surface area (Å²) in [7, 11) is 3.14. The lowest BCUT2D eigenvalue weighted by Gasteiger charge is -2.16. The monoisotopic (exact) mass is 319 g/mol. The van der Waals surface area contributed by atoms with E-state index >= 15 is 0 Å². The normalized spacial score (nSPS) is 11.6. The Bertz CT molecular complexity index is 655. The zero-order valence-corrected chi connectivity index (χ0v) is 13.5. The average molecular weight is 320 g/mol. The number of hydrogen-bond donors (Lipinski definition) is 1. The van der Waals surface area contributed by atoms with Gasteiger partial charge in [-0.1, -0.05) is 23.7 Å². The van der Waals surface area contributed by atoms with Crippen LogP contribution in [-0.2, 0) is 0 Å². The molecule has 0 aliphatic rings. The summed E-state index contributed by atoms with van der Waals surface area (Å²) < 4.78 is 10.3. The fraction of sp³-hybridized carbons (Fsp3) is 0.235. The van der Waals surface area contributed by atoms with Crippen molar-refractivity contribution < 1.29 is 14.3 Å². The highest BCUT2D eigenvalue weighted by Gasteiger charge is 2.16. The molecule has 5 heteroatoms. The van der Waals surface area contributed by atoms with E-state index in [9.17, 15) is 4.79 Å². The first-order valence-electron chi connectivity index (χ1n) is 6.83. The van der Waals surface area contributed by atoms with E-state index in [0.717, 1.165) is 11.3 Å². The van der Waals surface area contributed by atoms with Crippen LogP contribution >= 0.6 is 11.6 Å². The van der Waals surface area contributed by atoms with Gasteiger partial charge in [-0.05, 0) is 42.8 Å². The van der Waals surface area contributed by atoms with Gasteiger partial charge in [-0.3, -0.25) is 4.79 Å². The average Bonchev–Trinajstić information content (AvgIpc) is 2.54. The molecule has 2 aromatic rings. The second-order valence-corrected chi connectivity index (χ2v) is 5.25. The van der Waals surface area contributed by atoms with Crippen molar-refractivity contribution in [1.82, 2.24) is 5.32 Å². The van der Waals surface area contributed by atoms with Gasteiger partial charge in [0.2, 0.25) is 0 Å². The predicted molar refractivity (Wildman–Crippen MR) is 86.9 cm³/mol. The second kappa shape index (κ2) is 7.18. The smallest absolute Gasteiger partial charge is 0.255 e. The molecular formula is C17H18ClNO3. The summed E-state index contributed by atoms with van der Waals surface area (Å²) in [6, 6.07) is 12.4. The molecule has 0 saturated carbocycles. The Morgan fingerprint density at radius 3 is 2.36 bits per heavy atom. The zero-order chi connectivity index (χ0) is 16.1. The van der Waals surface area contributed by atoms with Crippen molar-refractivity contribution in [2.45, 2.75) is 13.0 Å². The van der Waals surface area contributed by atoms with Gasteiger partial charge in [-0.15, -0.1) is 0 Å². The van der Waals surface area contributed by atoms with E-state index in [2.05, 4.69) is 5.32 Å². The maximum absolute atomic E-state index is 12.4. The van der Waals surface area contributed by atoms with E-state index in [4.69, 9.17) is 21.1 Å². The fourth-order valence-electron chi connectivity index (χ4n) is 2.11. The number of amides is 1. The molecule has 22 heavy (non-hydrogen) atoms. The van der Waals surface area contributed by atoms with Crippen molar-refractivity contribution >= 4 is 17.5 Å². The highest BCUT2D eigenvalue weighted by atomic mass is 35.5. The van der Waals surface area contributed by atoms with Gasteiger partial charge in [0.1, 0.15) is 11.5 Å². The van der Waals surface area contributed by atoms with Gasteiger partial charge in [0.15, 0.2) is 0 Å². The van der Waals surface area contributed by atoms with Gasteiger partial charge in [-0.25, -0.2) is 0 Å². The molecule has 0 fully saturated rings. The van der Waals surface area contributed by atoms with Gasteiger partial charge < -0.3 is 14.8 Å². The highest BCUT2D eigenvalue weighted by Crippen LogP contribution is 2.24. The van der Waals surface area contributed by atoms with Crippen LogP contribution in [0.2, 0.25) is 5.02 Å². The summed E-state index contributed by atoms with van der Waals surface area (Å²) in [5, 5.41) is 3.42. The van der Waals surface area contributed by atoms with E-state index in [-0.39, 0.29) is 11.9 Å². The molecule has 0 aliphatic heterocycles. The van der Waals surface area contributed by atoms with Crippen molar-refractivity contribution in [3.8, 4) is 11.5 Å². The first-order chi connectivity index (χ1) is 10.5. The maximum Gasteiger partial charge on any atom is 0.255 e. The van der Waals surface area contributed by atoms with E-state index in [1.807, 2.05) is 31.2 Å². The minimum absolute atomic E-state index is 0.151. The van der Waals surface area contributed by atoms with Gasteiger partial charge in [0, 0.05) is 5.02 Å². The minimum atomic E-state index is -0.234. The number of methoxy groups -OCH3 is 2. The van der Waals surface area contributed by atoms with Crippen LogP contribution in [0.1, 0.15) is 28.9 Å². The van der Waals surface area contributed by atoms with Crippen LogP contribution in [0.3, 0.4) is 0 Å². The zero-order valence-electron chi connectivity index (χ0n) is 12.7. The third-order valence-corrected chi connectivity index (χ3v) is 3.60. The third-order valence-electron chi connectivity index (χ3n) is 3.37. The van der Waals surface area contributed by atoms with Crippen LogP contribution in [0.5, 0.6) is 11.5 Å². The van der Waals surface area contributed by atoms with E-state index < -0.39 is 0 Å². The molecule has 2 rings (SSSR count). The fourth-order valence-corrected chi connectivity index (χ4v) is 2.28. The van der Waals surface area contributed by atoms with Gasteiger partial charge >= 0.3 is 0 Å². The van der Waals surface area contributed by atoms with E-state index in [1.165, 1.54) is 7.11 Å². The molecule has 0 radical (unpaired) electrons. The first kappa shape index (κ1) is 16.2. The lowest BCUT2D eigenvalue weighted by Crippen LogP contribution is -2.27. The van der Waals surface area contributed by atoms with Crippen molar-refractivity contribution in [2.24, 2.45) is 0 Å². The van der Waals surface area contributed by atoms with Crippen molar-refractivity contribution in [1.29, 1.82) is 0 Å². The minimum Gasteiger partial charge on any atom is -0.497 e. The summed E-state index contributed by atoms with van der Waals surface area (Å²) in [5.74, 6) is 1.03. The lowest BCUT2D eigenvalue weighted by atomic mass is 10.1. The molecule has 0 aliphatic carbocycles. The summed E-state index contributed by atoms with van der Waals surface area (Å²) in [4.78, 5) is 12.4. The number of hydrogen-bond acceptors (Lipinski definition) is 3. The Morgan fingerprint density at radius 2 is 1.77 bits per heavy atom. The Labute approximate surface area is 135 Å². The second-order valence-electron chi connectivity index (χ2n) is 4.81. The van der Waals surface area contributed by atoms with Crippen LogP contribution in [0, 0.1) is 0 Å². The molecule has 0 heterocycles. The highest BCUT2D eigenvalue weighted by molar-refractivity contribution is 6.31. The van der Waals surface area contributed by atoms with Gasteiger partial charge in [-0.2, -0.15) is 0 Å². The number of carbonyl (C=O) groups is 1. The van der Waals surface area contributed by atoms with Crippen molar-refractivity contribution in [3.63, 3.8) is 0 Å². The maximum atomic E-state index is 12.4. The molecule has 4 nitrogen and oxygen atoms in total. The Balaban J connectivity index is 2.15. The number of halogens is 1. The molecule has 1 N–H and O–H groups in total. The molecule has 1 atom stereocenters. The standard InChI is InChI=1S/C17H18ClNO3/c1-11(12-4-7-14(21-2)8-5-12)19-17(20)15-10-13(18)6-9-16(15)22-3/h4-11H,1-3H3,(H,19,20). The quantitative estimate of drug-likeness (QED) is 0.910. The number of nitrogens with one attached hydrogen (secondary N) is 1. The third kappa shape index (κ3) is 3.71. The topological polar surface area (TPSA) is 47.6 Å². The van der Waals surface area contributed by atoms with Crippen LogP contribution in [0.25, 0.3) is 0 Å². The molecule has 1 amide bonds. The Hall–Kier alpha value is -2.20. The molecular weight excluding hydrogens is 302 g/mol. The molecule has 1 unspecified atom stereocenters. The Morgan fingerprint density at radius 1 is 1.09 bits per heavy atom. The number of benzene rings is 2. The van der Waals surface area contributed by atoms with Crippen LogP contribution in [-0.4, -0.2) is 20.1 Å². The van der Waals surface area contributed by atoms with E-state index in [1.54, 1.807) is 25.3 Å². The summed E-state index contributed by atoms with van der Waals surface area (Å²) in [5.41, 5.74) is 1.39. The van der Waals surface area contributed by atoms with Gasteiger partial charge in [0.25, 0.3) is 5.91 Å². The van der Waals surface area contributed by atoms with Crippen LogP contribution < -0.4 is 14.8 Å². The molecule has 0 saturated heterocycles. The SMILES string of the molecule is COc1ccc(C(C)NC(=O)c2cc(Cl)ccc2OC)cc1. The summed E-state index contributed by atoms with van der Waals surface area (Å²) in [6.45, 7) is 1.91. The predicted octanol–water partition coefficient (Wildman–Crippen LogP) is 3.85. The molecule has 116 valence electrons. The first-order valence-corrected chi connectivity index (χ1v) is 7.21. The molecule has 0 spiro atoms. The molecule has 2 aromatic carbocycles. The summed E-state index contributed by atoms with van der Waals surface area (Å²) >= 11 is 5.96. The summed E-state index contributed by atoms with van der Waals surface area (Å²) in [6.07, 6.45) is 0. The number of carbonyl (C=O) groups excluding carboxylic acids is 1. The van der Waals surface area contributed by atoms with Crippen molar-refractivity contribution in [2.75, 3.05) is 14.2 Å². The Kier molecular flexibility index (Phi) is 5.28. The van der Waals surface area contributed by atoms with Gasteiger partial charge in [0.05, 0.1) is 25.8 Å². The van der Waals surface area contributed by atoms with Crippen LogP contribution in [0.15, 0.2) is 42.5 Å². The van der Waals surface area contributed by atoms with Crippen molar-refractivity contribution in [3.05, 3.63) is 58.6 Å². The van der Waals surface area contributed by atoms with E-state index in [0.29, 0.717) is 16.3 Å². The molecule has 0 aromatic heterocycles. The largest absolute Gasteiger partial charge is 0.497 e. The lowest BCUT2D eigenvalue weighted by molar-refractivity contribution is 0.0937. The molecule has 0 bridgehead atoms.